The Hall–Kier alpha value is -1.24. The van der Waals surface area contributed by atoms with E-state index in [1.165, 1.54) is 12.0 Å². The molecular weight excluding hydrogens is 376 g/mol. The molecule has 3 unspecified atom stereocenters. The van der Waals surface area contributed by atoms with Crippen LogP contribution in [0.3, 0.4) is 0 Å². The van der Waals surface area contributed by atoms with Crippen molar-refractivity contribution in [3.63, 3.8) is 0 Å². The van der Waals surface area contributed by atoms with Crippen molar-refractivity contribution < 1.29 is 9.90 Å². The number of aliphatic hydroxyl groups is 1. The van der Waals surface area contributed by atoms with E-state index in [1.807, 2.05) is 6.92 Å². The van der Waals surface area contributed by atoms with Gasteiger partial charge in [0, 0.05) is 17.5 Å². The molecule has 4 aliphatic rings. The lowest BCUT2D eigenvalue weighted by Crippen LogP contribution is -2.60. The van der Waals surface area contributed by atoms with Crippen molar-refractivity contribution in [2.75, 3.05) is 0 Å². The SMILES string of the molecule is Cc1csc(C(Cc2ccsc2)NC(=O)C23CC4CC(CC(O)(C4)C2)C3)n1. The zero-order valence-electron chi connectivity index (χ0n) is 15.6. The first-order chi connectivity index (χ1) is 12.9. The first-order valence-electron chi connectivity index (χ1n) is 9.90. The van der Waals surface area contributed by atoms with E-state index in [4.69, 9.17) is 0 Å². The molecule has 6 heteroatoms. The maximum atomic E-state index is 13.5. The number of carbonyl (C=O) groups excluding carboxylic acids is 1. The largest absolute Gasteiger partial charge is 0.390 e. The predicted molar refractivity (Wildman–Crippen MR) is 108 cm³/mol. The average molecular weight is 403 g/mol. The molecule has 2 heterocycles. The van der Waals surface area contributed by atoms with Gasteiger partial charge in [-0.15, -0.1) is 11.3 Å². The fourth-order valence-corrected chi connectivity index (χ4v) is 7.70. The number of aryl methyl sites for hydroxylation is 1. The molecule has 144 valence electrons. The molecule has 2 aromatic rings. The molecule has 2 aromatic heterocycles. The van der Waals surface area contributed by atoms with E-state index in [1.54, 1.807) is 22.7 Å². The molecule has 6 rings (SSSR count). The van der Waals surface area contributed by atoms with Crippen molar-refractivity contribution in [2.45, 2.75) is 63.5 Å². The lowest BCUT2D eigenvalue weighted by molar-refractivity contribution is -0.178. The van der Waals surface area contributed by atoms with Gasteiger partial charge in [-0.3, -0.25) is 4.79 Å². The number of nitrogens with one attached hydrogen (secondary N) is 1. The Kier molecular flexibility index (Phi) is 4.22. The Morgan fingerprint density at radius 1 is 1.33 bits per heavy atom. The van der Waals surface area contributed by atoms with E-state index in [0.717, 1.165) is 42.8 Å². The number of amides is 1. The normalized spacial score (nSPS) is 35.3. The van der Waals surface area contributed by atoms with Crippen LogP contribution in [0.1, 0.15) is 60.8 Å². The summed E-state index contributed by atoms with van der Waals surface area (Å²) in [5.74, 6) is 1.17. The molecule has 0 saturated heterocycles. The number of aromatic nitrogens is 1. The first kappa shape index (κ1) is 17.8. The third-order valence-electron chi connectivity index (χ3n) is 6.77. The molecule has 4 bridgehead atoms. The molecule has 3 atom stereocenters. The summed E-state index contributed by atoms with van der Waals surface area (Å²) < 4.78 is 0. The number of hydrogen-bond donors (Lipinski definition) is 2. The topological polar surface area (TPSA) is 62.2 Å². The third kappa shape index (κ3) is 3.26. The van der Waals surface area contributed by atoms with Gasteiger partial charge in [-0.25, -0.2) is 4.98 Å². The van der Waals surface area contributed by atoms with E-state index in [-0.39, 0.29) is 17.4 Å². The summed E-state index contributed by atoms with van der Waals surface area (Å²) in [5.41, 5.74) is 1.26. The Balaban J connectivity index is 1.40. The minimum Gasteiger partial charge on any atom is -0.390 e. The Bertz CT molecular complexity index is 830. The highest BCUT2D eigenvalue weighted by molar-refractivity contribution is 7.09. The number of nitrogens with zero attached hydrogens (tertiary/aromatic N) is 1. The third-order valence-corrected chi connectivity index (χ3v) is 8.58. The Morgan fingerprint density at radius 2 is 2.11 bits per heavy atom. The van der Waals surface area contributed by atoms with Gasteiger partial charge in [0.1, 0.15) is 5.01 Å². The van der Waals surface area contributed by atoms with Crippen LogP contribution in [0.15, 0.2) is 22.2 Å². The van der Waals surface area contributed by atoms with Crippen molar-refractivity contribution in [3.05, 3.63) is 38.5 Å². The average Bonchev–Trinajstić information content (AvgIpc) is 3.23. The highest BCUT2D eigenvalue weighted by Gasteiger charge is 2.60. The lowest BCUT2D eigenvalue weighted by atomic mass is 9.47. The second kappa shape index (κ2) is 6.39. The lowest BCUT2D eigenvalue weighted by Gasteiger charge is -2.59. The minimum absolute atomic E-state index is 0.0894. The number of rotatable bonds is 5. The Morgan fingerprint density at radius 3 is 2.70 bits per heavy atom. The van der Waals surface area contributed by atoms with Crippen LogP contribution in [0, 0.1) is 24.2 Å². The second-order valence-corrected chi connectivity index (χ2v) is 10.8. The number of hydrogen-bond acceptors (Lipinski definition) is 5. The fraction of sp³-hybridized carbons (Fsp3) is 0.619. The van der Waals surface area contributed by atoms with Gasteiger partial charge in [-0.05, 0) is 79.7 Å². The molecule has 0 spiro atoms. The Labute approximate surface area is 168 Å². The molecule has 0 aliphatic heterocycles. The molecule has 0 aromatic carbocycles. The summed E-state index contributed by atoms with van der Waals surface area (Å²) in [6.07, 6.45) is 6.28. The molecule has 1 amide bonds. The van der Waals surface area contributed by atoms with Crippen LogP contribution in [0.2, 0.25) is 0 Å². The van der Waals surface area contributed by atoms with Crippen LogP contribution in [-0.4, -0.2) is 21.6 Å². The summed E-state index contributed by atoms with van der Waals surface area (Å²) in [6, 6.07) is 2.03. The molecular formula is C21H26N2O2S2. The van der Waals surface area contributed by atoms with E-state index in [0.29, 0.717) is 18.3 Å². The zero-order valence-corrected chi connectivity index (χ0v) is 17.2. The zero-order chi connectivity index (χ0) is 18.6. The van der Waals surface area contributed by atoms with Crippen LogP contribution < -0.4 is 5.32 Å². The number of carbonyl (C=O) groups is 1. The summed E-state index contributed by atoms with van der Waals surface area (Å²) in [6.45, 7) is 2.00. The van der Waals surface area contributed by atoms with Gasteiger partial charge in [0.2, 0.25) is 5.91 Å². The van der Waals surface area contributed by atoms with Crippen molar-refractivity contribution in [1.82, 2.24) is 10.3 Å². The second-order valence-electron chi connectivity index (χ2n) is 9.15. The highest BCUT2D eigenvalue weighted by Crippen LogP contribution is 2.61. The molecule has 4 saturated carbocycles. The van der Waals surface area contributed by atoms with Crippen molar-refractivity contribution in [2.24, 2.45) is 17.3 Å². The van der Waals surface area contributed by atoms with Gasteiger partial charge in [0.15, 0.2) is 0 Å². The van der Waals surface area contributed by atoms with Gasteiger partial charge in [0.25, 0.3) is 0 Å². The quantitative estimate of drug-likeness (QED) is 0.786. The van der Waals surface area contributed by atoms with Gasteiger partial charge in [0.05, 0.1) is 17.1 Å². The molecule has 4 aliphatic carbocycles. The van der Waals surface area contributed by atoms with Gasteiger partial charge in [-0.1, -0.05) is 0 Å². The summed E-state index contributed by atoms with van der Waals surface area (Å²) in [5, 5.41) is 21.6. The monoisotopic (exact) mass is 402 g/mol. The van der Waals surface area contributed by atoms with E-state index >= 15 is 0 Å². The molecule has 0 radical (unpaired) electrons. The summed E-state index contributed by atoms with van der Waals surface area (Å²) >= 11 is 3.31. The van der Waals surface area contributed by atoms with Crippen LogP contribution in [0.25, 0.3) is 0 Å². The van der Waals surface area contributed by atoms with Crippen molar-refractivity contribution >= 4 is 28.6 Å². The first-order valence-corrected chi connectivity index (χ1v) is 11.7. The van der Waals surface area contributed by atoms with Crippen LogP contribution in [0.5, 0.6) is 0 Å². The smallest absolute Gasteiger partial charge is 0.226 e. The summed E-state index contributed by atoms with van der Waals surface area (Å²) in [4.78, 5) is 18.2. The standard InChI is InChI=1S/C21H26N2O2S2/c1-13-10-27-18(22-13)17(5-14-2-3-26-11-14)23-19(24)20-6-15-4-16(7-20)9-21(25,8-15)12-20/h2-3,10-11,15-17,25H,4-9,12H2,1H3,(H,23,24). The highest BCUT2D eigenvalue weighted by atomic mass is 32.1. The van der Waals surface area contributed by atoms with E-state index in [9.17, 15) is 9.90 Å². The van der Waals surface area contributed by atoms with E-state index < -0.39 is 5.60 Å². The fourth-order valence-electron chi connectivity index (χ4n) is 6.17. The number of thiophene rings is 1. The van der Waals surface area contributed by atoms with Crippen molar-refractivity contribution in [3.8, 4) is 0 Å². The molecule has 4 nitrogen and oxygen atoms in total. The minimum atomic E-state index is -0.609. The maximum absolute atomic E-state index is 13.5. The van der Waals surface area contributed by atoms with Crippen LogP contribution in [-0.2, 0) is 11.2 Å². The maximum Gasteiger partial charge on any atom is 0.226 e. The van der Waals surface area contributed by atoms with Gasteiger partial charge >= 0.3 is 0 Å². The van der Waals surface area contributed by atoms with Gasteiger partial charge in [-0.2, -0.15) is 11.3 Å². The predicted octanol–water partition coefficient (Wildman–Crippen LogP) is 4.24. The molecule has 2 N–H and O–H groups in total. The van der Waals surface area contributed by atoms with Crippen LogP contribution in [0.4, 0.5) is 0 Å². The van der Waals surface area contributed by atoms with Crippen molar-refractivity contribution in [1.29, 1.82) is 0 Å². The molecule has 4 fully saturated rings. The summed E-state index contributed by atoms with van der Waals surface area (Å²) in [7, 11) is 0. The van der Waals surface area contributed by atoms with E-state index in [2.05, 4.69) is 32.5 Å². The number of thiazole rings is 1. The van der Waals surface area contributed by atoms with Gasteiger partial charge < -0.3 is 10.4 Å². The molecule has 27 heavy (non-hydrogen) atoms. The van der Waals surface area contributed by atoms with Crippen LogP contribution >= 0.6 is 22.7 Å².